The monoisotopic (exact) mass is 194 g/mol. The fourth-order valence-electron chi connectivity index (χ4n) is 1.70. The fraction of sp³-hybridized carbons (Fsp3) is 0.800. The highest BCUT2D eigenvalue weighted by Gasteiger charge is 2.27. The zero-order chi connectivity index (χ0) is 9.97. The van der Waals surface area contributed by atoms with E-state index in [4.69, 9.17) is 0 Å². The fourth-order valence-corrected chi connectivity index (χ4v) is 1.70. The molecule has 0 radical (unpaired) electrons. The van der Waals surface area contributed by atoms with Gasteiger partial charge in [-0.1, -0.05) is 0 Å². The zero-order valence-corrected chi connectivity index (χ0v) is 8.90. The van der Waals surface area contributed by atoms with Crippen molar-refractivity contribution in [1.29, 1.82) is 0 Å². The Labute approximate surface area is 84.7 Å². The Kier molecular flexibility index (Phi) is 2.82. The second-order valence-corrected chi connectivity index (χ2v) is 4.00. The molecule has 1 heterocycles. The first-order chi connectivity index (χ1) is 6.81. The van der Waals surface area contributed by atoms with Gasteiger partial charge in [-0.3, -0.25) is 0 Å². The van der Waals surface area contributed by atoms with Crippen LogP contribution in [0, 0.1) is 5.92 Å². The lowest BCUT2D eigenvalue weighted by Gasteiger charge is -2.12. The Balaban J connectivity index is 1.84. The topological polar surface area (TPSA) is 42.7 Å². The summed E-state index contributed by atoms with van der Waals surface area (Å²) >= 11 is 0. The van der Waals surface area contributed by atoms with Crippen LogP contribution in [-0.2, 0) is 13.1 Å². The lowest BCUT2D eigenvalue weighted by molar-refractivity contribution is 0.472. The van der Waals surface area contributed by atoms with Gasteiger partial charge in [0.1, 0.15) is 12.2 Å². The van der Waals surface area contributed by atoms with Crippen molar-refractivity contribution in [2.45, 2.75) is 45.8 Å². The summed E-state index contributed by atoms with van der Waals surface area (Å²) in [6, 6.07) is 0.622. The molecular formula is C10H18N4. The average Bonchev–Trinajstić information content (AvgIpc) is 2.94. The van der Waals surface area contributed by atoms with Crippen LogP contribution in [0.1, 0.15) is 32.5 Å². The van der Waals surface area contributed by atoms with Gasteiger partial charge >= 0.3 is 0 Å². The predicted molar refractivity (Wildman–Crippen MR) is 54.7 cm³/mol. The molecule has 78 valence electrons. The molecule has 4 nitrogen and oxygen atoms in total. The summed E-state index contributed by atoms with van der Waals surface area (Å²) in [7, 11) is 0. The van der Waals surface area contributed by atoms with E-state index in [1.807, 2.05) is 4.68 Å². The maximum Gasteiger partial charge on any atom is 0.140 e. The molecule has 2 rings (SSSR count). The predicted octanol–water partition coefficient (Wildman–Crippen LogP) is 1.19. The SMILES string of the molecule is CCn1ncnc1CNC(C)C1CC1. The first-order valence-electron chi connectivity index (χ1n) is 5.41. The van der Waals surface area contributed by atoms with Gasteiger partial charge in [0, 0.05) is 12.6 Å². The minimum Gasteiger partial charge on any atom is -0.307 e. The molecular weight excluding hydrogens is 176 g/mol. The lowest BCUT2D eigenvalue weighted by Crippen LogP contribution is -2.28. The Morgan fingerprint density at radius 3 is 3.07 bits per heavy atom. The average molecular weight is 194 g/mol. The summed E-state index contributed by atoms with van der Waals surface area (Å²) in [5.74, 6) is 1.94. The lowest BCUT2D eigenvalue weighted by atomic mass is 10.2. The van der Waals surface area contributed by atoms with Gasteiger partial charge in [0.25, 0.3) is 0 Å². The van der Waals surface area contributed by atoms with Crippen LogP contribution in [0.5, 0.6) is 0 Å². The molecule has 0 aromatic carbocycles. The summed E-state index contributed by atoms with van der Waals surface area (Å²) in [6.45, 7) is 6.08. The van der Waals surface area contributed by atoms with Crippen LogP contribution in [0.25, 0.3) is 0 Å². The molecule has 14 heavy (non-hydrogen) atoms. The van der Waals surface area contributed by atoms with E-state index in [0.29, 0.717) is 6.04 Å². The van der Waals surface area contributed by atoms with E-state index in [2.05, 4.69) is 29.2 Å². The zero-order valence-electron chi connectivity index (χ0n) is 8.90. The normalized spacial score (nSPS) is 18.4. The summed E-state index contributed by atoms with van der Waals surface area (Å²) in [4.78, 5) is 4.23. The molecule has 0 bridgehead atoms. The molecule has 1 saturated carbocycles. The largest absolute Gasteiger partial charge is 0.307 e. The van der Waals surface area contributed by atoms with Gasteiger partial charge < -0.3 is 5.32 Å². The molecule has 1 aliphatic rings. The Morgan fingerprint density at radius 1 is 1.64 bits per heavy atom. The highest BCUT2D eigenvalue weighted by atomic mass is 15.3. The van der Waals surface area contributed by atoms with E-state index < -0.39 is 0 Å². The minimum absolute atomic E-state index is 0.622. The molecule has 0 aliphatic heterocycles. The summed E-state index contributed by atoms with van der Waals surface area (Å²) < 4.78 is 1.94. The van der Waals surface area contributed by atoms with Crippen molar-refractivity contribution in [2.24, 2.45) is 5.92 Å². The van der Waals surface area contributed by atoms with Crippen LogP contribution in [0.2, 0.25) is 0 Å². The first kappa shape index (κ1) is 9.65. The Bertz CT molecular complexity index is 290. The maximum atomic E-state index is 4.23. The molecule has 1 aliphatic carbocycles. The molecule has 1 aromatic rings. The second kappa shape index (κ2) is 4.09. The van der Waals surface area contributed by atoms with Crippen LogP contribution >= 0.6 is 0 Å². The van der Waals surface area contributed by atoms with Crippen molar-refractivity contribution < 1.29 is 0 Å². The third kappa shape index (κ3) is 2.12. The third-order valence-electron chi connectivity index (χ3n) is 2.91. The van der Waals surface area contributed by atoms with E-state index in [0.717, 1.165) is 24.8 Å². The quantitative estimate of drug-likeness (QED) is 0.765. The number of aryl methyl sites for hydroxylation is 1. The highest BCUT2D eigenvalue weighted by Crippen LogP contribution is 2.32. The first-order valence-corrected chi connectivity index (χ1v) is 5.41. The molecule has 0 saturated heterocycles. The van der Waals surface area contributed by atoms with Crippen molar-refractivity contribution in [1.82, 2.24) is 20.1 Å². The highest BCUT2D eigenvalue weighted by molar-refractivity contribution is 4.88. The number of nitrogens with one attached hydrogen (secondary N) is 1. The van der Waals surface area contributed by atoms with E-state index in [1.165, 1.54) is 12.8 Å². The van der Waals surface area contributed by atoms with Crippen LogP contribution in [0.4, 0.5) is 0 Å². The van der Waals surface area contributed by atoms with E-state index in [1.54, 1.807) is 6.33 Å². The van der Waals surface area contributed by atoms with Crippen LogP contribution in [-0.4, -0.2) is 20.8 Å². The number of nitrogens with zero attached hydrogens (tertiary/aromatic N) is 3. The summed E-state index contributed by atoms with van der Waals surface area (Å²) in [6.07, 6.45) is 4.39. The molecule has 1 aromatic heterocycles. The van der Waals surface area contributed by atoms with Gasteiger partial charge in [-0.05, 0) is 32.6 Å². The summed E-state index contributed by atoms with van der Waals surface area (Å²) in [5.41, 5.74) is 0. The van der Waals surface area contributed by atoms with Gasteiger partial charge in [0.2, 0.25) is 0 Å². The number of hydrogen-bond acceptors (Lipinski definition) is 3. The Hall–Kier alpha value is -0.900. The van der Waals surface area contributed by atoms with Crippen molar-refractivity contribution in [3.05, 3.63) is 12.2 Å². The number of rotatable bonds is 5. The van der Waals surface area contributed by atoms with Gasteiger partial charge in [0.05, 0.1) is 6.54 Å². The third-order valence-corrected chi connectivity index (χ3v) is 2.91. The van der Waals surface area contributed by atoms with E-state index in [-0.39, 0.29) is 0 Å². The van der Waals surface area contributed by atoms with Crippen LogP contribution in [0.3, 0.4) is 0 Å². The second-order valence-electron chi connectivity index (χ2n) is 4.00. The van der Waals surface area contributed by atoms with Crippen molar-refractivity contribution >= 4 is 0 Å². The maximum absolute atomic E-state index is 4.23. The van der Waals surface area contributed by atoms with E-state index >= 15 is 0 Å². The molecule has 1 fully saturated rings. The molecule has 1 unspecified atom stereocenters. The number of hydrogen-bond donors (Lipinski definition) is 1. The standard InChI is InChI=1S/C10H18N4/c1-3-14-10(12-7-13-14)6-11-8(2)9-4-5-9/h7-9,11H,3-6H2,1-2H3. The molecule has 0 amide bonds. The molecule has 4 heteroatoms. The number of aromatic nitrogens is 3. The van der Waals surface area contributed by atoms with Crippen LogP contribution in [0.15, 0.2) is 6.33 Å². The van der Waals surface area contributed by atoms with Crippen molar-refractivity contribution in [2.75, 3.05) is 0 Å². The van der Waals surface area contributed by atoms with Crippen molar-refractivity contribution in [3.8, 4) is 0 Å². The summed E-state index contributed by atoms with van der Waals surface area (Å²) in [5, 5.41) is 7.64. The van der Waals surface area contributed by atoms with Gasteiger partial charge in [-0.2, -0.15) is 5.10 Å². The smallest absolute Gasteiger partial charge is 0.140 e. The van der Waals surface area contributed by atoms with Gasteiger partial charge in [0.15, 0.2) is 0 Å². The van der Waals surface area contributed by atoms with Crippen molar-refractivity contribution in [3.63, 3.8) is 0 Å². The Morgan fingerprint density at radius 2 is 2.43 bits per heavy atom. The van der Waals surface area contributed by atoms with Crippen LogP contribution < -0.4 is 5.32 Å². The molecule has 1 N–H and O–H groups in total. The molecule has 0 spiro atoms. The minimum atomic E-state index is 0.622. The van der Waals surface area contributed by atoms with Gasteiger partial charge in [-0.15, -0.1) is 0 Å². The van der Waals surface area contributed by atoms with E-state index in [9.17, 15) is 0 Å². The molecule has 1 atom stereocenters. The van der Waals surface area contributed by atoms with Gasteiger partial charge in [-0.25, -0.2) is 9.67 Å².